The molecule has 3 aromatic heterocycles. The third kappa shape index (κ3) is 4.78. The molecule has 0 fully saturated rings. The molecule has 0 aliphatic heterocycles. The van der Waals surface area contributed by atoms with Crippen molar-refractivity contribution in [2.45, 2.75) is 0 Å². The lowest BCUT2D eigenvalue weighted by atomic mass is 10.1. The predicted octanol–water partition coefficient (Wildman–Crippen LogP) is 3.17. The number of nitrogens with one attached hydrogen (secondary N) is 2. The molecule has 0 atom stereocenters. The minimum absolute atomic E-state index is 0.0508. The molecule has 3 heterocycles. The number of hydrogen-bond acceptors (Lipinski definition) is 9. The van der Waals surface area contributed by atoms with Crippen molar-refractivity contribution in [1.29, 1.82) is 0 Å². The molecule has 0 unspecified atom stereocenters. The van der Waals surface area contributed by atoms with Crippen LogP contribution in [0.3, 0.4) is 0 Å². The Bertz CT molecular complexity index is 1200. The number of rotatable bonds is 9. The fourth-order valence-corrected chi connectivity index (χ4v) is 3.00. The van der Waals surface area contributed by atoms with Gasteiger partial charge in [0.2, 0.25) is 5.95 Å². The fourth-order valence-electron chi connectivity index (χ4n) is 3.00. The monoisotopic (exact) mass is 432 g/mol. The van der Waals surface area contributed by atoms with E-state index in [1.165, 1.54) is 12.3 Å². The summed E-state index contributed by atoms with van der Waals surface area (Å²) in [5, 5.41) is 17.0. The summed E-state index contributed by atoms with van der Waals surface area (Å²) in [7, 11) is 1.62. The van der Waals surface area contributed by atoms with Crippen LogP contribution in [0.15, 0.2) is 67.5 Å². The summed E-state index contributed by atoms with van der Waals surface area (Å²) in [6, 6.07) is 10.6. The van der Waals surface area contributed by atoms with Crippen molar-refractivity contribution in [3.8, 4) is 22.7 Å². The number of hydrogen-bond donors (Lipinski definition) is 2. The number of nitrogens with zero attached hydrogens (tertiary/aromatic N) is 6. The minimum Gasteiger partial charge on any atom is -0.497 e. The van der Waals surface area contributed by atoms with E-state index in [0.29, 0.717) is 24.9 Å². The molecule has 0 spiro atoms. The lowest BCUT2D eigenvalue weighted by Gasteiger charge is -2.13. The summed E-state index contributed by atoms with van der Waals surface area (Å²) in [6.45, 7) is 1.03. The van der Waals surface area contributed by atoms with Crippen LogP contribution in [0.1, 0.15) is 0 Å². The van der Waals surface area contributed by atoms with Gasteiger partial charge in [-0.2, -0.15) is 0 Å². The molecule has 162 valence electrons. The van der Waals surface area contributed by atoms with Gasteiger partial charge in [0.15, 0.2) is 0 Å². The van der Waals surface area contributed by atoms with Crippen molar-refractivity contribution in [2.75, 3.05) is 30.8 Å². The number of nitro groups is 1. The molecule has 11 heteroatoms. The molecule has 0 radical (unpaired) electrons. The molecule has 1 aromatic carbocycles. The molecular formula is C21H20N8O3. The number of benzene rings is 1. The summed E-state index contributed by atoms with van der Waals surface area (Å²) < 4.78 is 7.20. The average molecular weight is 432 g/mol. The Hall–Kier alpha value is -4.54. The molecular weight excluding hydrogens is 412 g/mol. The third-order valence-electron chi connectivity index (χ3n) is 4.57. The molecule has 0 amide bonds. The van der Waals surface area contributed by atoms with E-state index in [2.05, 4.69) is 25.6 Å². The van der Waals surface area contributed by atoms with Crippen molar-refractivity contribution in [3.05, 3.63) is 77.6 Å². The Kier molecular flexibility index (Phi) is 6.16. The SMILES string of the molecule is COc1cccc(-c2nc(NCCNc3ccc([N+](=O)[O-])cn3)ncc2-n2ccnc2)c1. The highest BCUT2D eigenvalue weighted by atomic mass is 16.6. The number of pyridine rings is 1. The lowest BCUT2D eigenvalue weighted by molar-refractivity contribution is -0.385. The third-order valence-corrected chi connectivity index (χ3v) is 4.57. The van der Waals surface area contributed by atoms with Crippen LogP contribution in [0.2, 0.25) is 0 Å². The maximum Gasteiger partial charge on any atom is 0.287 e. The molecule has 0 aliphatic carbocycles. The van der Waals surface area contributed by atoms with Gasteiger partial charge in [0.05, 0.1) is 30.2 Å². The zero-order valence-corrected chi connectivity index (χ0v) is 17.2. The Labute approximate surface area is 183 Å². The number of anilines is 2. The lowest BCUT2D eigenvalue weighted by Crippen LogP contribution is -2.16. The van der Waals surface area contributed by atoms with E-state index >= 15 is 0 Å². The largest absolute Gasteiger partial charge is 0.497 e. The van der Waals surface area contributed by atoms with Gasteiger partial charge in [-0.15, -0.1) is 0 Å². The van der Waals surface area contributed by atoms with Crippen molar-refractivity contribution in [1.82, 2.24) is 24.5 Å². The Morgan fingerprint density at radius 1 is 1.12 bits per heavy atom. The molecule has 0 bridgehead atoms. The van der Waals surface area contributed by atoms with E-state index in [1.54, 1.807) is 31.9 Å². The van der Waals surface area contributed by atoms with E-state index in [-0.39, 0.29) is 5.69 Å². The van der Waals surface area contributed by atoms with Crippen LogP contribution >= 0.6 is 0 Å². The topological polar surface area (TPSA) is 133 Å². The summed E-state index contributed by atoms with van der Waals surface area (Å²) in [5.41, 5.74) is 2.34. The summed E-state index contributed by atoms with van der Waals surface area (Å²) >= 11 is 0. The maximum atomic E-state index is 10.7. The van der Waals surface area contributed by atoms with Crippen LogP contribution in [0.5, 0.6) is 5.75 Å². The first-order valence-electron chi connectivity index (χ1n) is 9.72. The van der Waals surface area contributed by atoms with Crippen molar-refractivity contribution >= 4 is 17.5 Å². The number of ether oxygens (including phenoxy) is 1. The molecule has 4 rings (SSSR count). The van der Waals surface area contributed by atoms with Crippen molar-refractivity contribution in [3.63, 3.8) is 0 Å². The zero-order valence-electron chi connectivity index (χ0n) is 17.2. The second-order valence-corrected chi connectivity index (χ2v) is 6.64. The van der Waals surface area contributed by atoms with Crippen LogP contribution in [0.4, 0.5) is 17.5 Å². The molecule has 4 aromatic rings. The second kappa shape index (κ2) is 9.51. The highest BCUT2D eigenvalue weighted by Crippen LogP contribution is 2.28. The first-order valence-corrected chi connectivity index (χ1v) is 9.72. The van der Waals surface area contributed by atoms with E-state index < -0.39 is 4.92 Å². The first kappa shape index (κ1) is 20.7. The normalized spacial score (nSPS) is 10.5. The van der Waals surface area contributed by atoms with Crippen LogP contribution in [-0.2, 0) is 0 Å². The highest BCUT2D eigenvalue weighted by molar-refractivity contribution is 5.70. The first-order chi connectivity index (χ1) is 15.6. The Morgan fingerprint density at radius 3 is 2.72 bits per heavy atom. The summed E-state index contributed by atoms with van der Waals surface area (Å²) in [4.78, 5) is 27.5. The van der Waals surface area contributed by atoms with Gasteiger partial charge < -0.3 is 19.9 Å². The number of aromatic nitrogens is 5. The van der Waals surface area contributed by atoms with E-state index in [1.807, 2.05) is 35.0 Å². The Morgan fingerprint density at radius 2 is 2.00 bits per heavy atom. The van der Waals surface area contributed by atoms with Gasteiger partial charge in [0.1, 0.15) is 23.5 Å². The van der Waals surface area contributed by atoms with Crippen LogP contribution in [0.25, 0.3) is 16.9 Å². The molecule has 11 nitrogen and oxygen atoms in total. The average Bonchev–Trinajstić information content (AvgIpc) is 3.37. The van der Waals surface area contributed by atoms with Gasteiger partial charge in [-0.25, -0.2) is 19.9 Å². The van der Waals surface area contributed by atoms with E-state index in [4.69, 9.17) is 9.72 Å². The maximum absolute atomic E-state index is 10.7. The van der Waals surface area contributed by atoms with Gasteiger partial charge in [-0.1, -0.05) is 12.1 Å². The van der Waals surface area contributed by atoms with Crippen LogP contribution in [-0.4, -0.2) is 49.6 Å². The minimum atomic E-state index is -0.483. The Balaban J connectivity index is 1.48. The van der Waals surface area contributed by atoms with E-state index in [9.17, 15) is 10.1 Å². The fraction of sp³-hybridized carbons (Fsp3) is 0.143. The van der Waals surface area contributed by atoms with Crippen molar-refractivity contribution < 1.29 is 9.66 Å². The molecule has 32 heavy (non-hydrogen) atoms. The molecule has 2 N–H and O–H groups in total. The summed E-state index contributed by atoms with van der Waals surface area (Å²) in [6.07, 6.45) is 8.16. The van der Waals surface area contributed by atoms with E-state index in [0.717, 1.165) is 22.7 Å². The van der Waals surface area contributed by atoms with Gasteiger partial charge in [0, 0.05) is 37.1 Å². The van der Waals surface area contributed by atoms with Crippen LogP contribution in [0, 0.1) is 10.1 Å². The van der Waals surface area contributed by atoms with Crippen molar-refractivity contribution in [2.24, 2.45) is 0 Å². The standard InChI is InChI=1S/C21H20N8O3/c1-32-17-4-2-3-15(11-17)20-18(28-10-9-22-14-28)13-26-21(27-20)24-8-7-23-19-6-5-16(12-25-19)29(30)31/h2-6,9-14H,7-8H2,1H3,(H,23,25)(H,24,26,27). The highest BCUT2D eigenvalue weighted by Gasteiger charge is 2.12. The van der Waals surface area contributed by atoms with Gasteiger partial charge in [0.25, 0.3) is 5.69 Å². The van der Waals surface area contributed by atoms with Gasteiger partial charge >= 0.3 is 0 Å². The van der Waals surface area contributed by atoms with Gasteiger partial charge in [-0.3, -0.25) is 10.1 Å². The zero-order chi connectivity index (χ0) is 22.3. The smallest absolute Gasteiger partial charge is 0.287 e. The summed E-state index contributed by atoms with van der Waals surface area (Å²) in [5.74, 6) is 1.74. The molecule has 0 aliphatic rings. The number of methoxy groups -OCH3 is 1. The quantitative estimate of drug-likeness (QED) is 0.232. The molecule has 0 saturated heterocycles. The second-order valence-electron chi connectivity index (χ2n) is 6.64. The van der Waals surface area contributed by atoms with Gasteiger partial charge in [-0.05, 0) is 18.2 Å². The number of imidazole rings is 1. The predicted molar refractivity (Wildman–Crippen MR) is 119 cm³/mol. The molecule has 0 saturated carbocycles. The van der Waals surface area contributed by atoms with Crippen LogP contribution < -0.4 is 15.4 Å².